The molecule has 90 valence electrons. The maximum atomic E-state index is 11.5. The molecule has 8 heteroatoms. The number of rotatable bonds is 6. The van der Waals surface area contributed by atoms with Gasteiger partial charge in [0.2, 0.25) is 10.0 Å². The van der Waals surface area contributed by atoms with Crippen molar-refractivity contribution in [1.29, 1.82) is 0 Å². The summed E-state index contributed by atoms with van der Waals surface area (Å²) in [5.74, 6) is 0.132. The molecule has 1 aromatic rings. The Bertz CT molecular complexity index is 421. The first-order valence-corrected chi connectivity index (χ1v) is 6.55. The summed E-state index contributed by atoms with van der Waals surface area (Å²) in [6, 6.07) is 2.91. The Hall–Kier alpha value is -0.920. The predicted molar refractivity (Wildman–Crippen MR) is 60.9 cm³/mol. The molecule has 0 unspecified atom stereocenters. The summed E-state index contributed by atoms with van der Waals surface area (Å²) in [7, 11) is -1.88. The van der Waals surface area contributed by atoms with E-state index >= 15 is 0 Å². The van der Waals surface area contributed by atoms with Gasteiger partial charge in [-0.3, -0.25) is 4.72 Å². The van der Waals surface area contributed by atoms with Crippen LogP contribution in [0.25, 0.3) is 0 Å². The summed E-state index contributed by atoms with van der Waals surface area (Å²) >= 11 is 5.52. The smallest absolute Gasteiger partial charge is 0.234 e. The van der Waals surface area contributed by atoms with E-state index in [4.69, 9.17) is 16.3 Å². The Morgan fingerprint density at radius 3 is 2.75 bits per heavy atom. The molecule has 6 nitrogen and oxygen atoms in total. The molecule has 0 saturated carbocycles. The molecule has 0 aliphatic heterocycles. The average molecular weight is 266 g/mol. The number of halogens is 1. The van der Waals surface area contributed by atoms with Gasteiger partial charge < -0.3 is 4.74 Å². The summed E-state index contributed by atoms with van der Waals surface area (Å²) in [6.07, 6.45) is 0.423. The minimum Gasteiger partial charge on any atom is -0.385 e. The topological polar surface area (TPSA) is 81.2 Å². The highest BCUT2D eigenvalue weighted by molar-refractivity contribution is 7.92. The molecule has 1 heterocycles. The van der Waals surface area contributed by atoms with E-state index in [1.165, 1.54) is 19.2 Å². The maximum absolute atomic E-state index is 11.5. The first-order chi connectivity index (χ1) is 7.53. The van der Waals surface area contributed by atoms with Crippen LogP contribution in [0.1, 0.15) is 6.42 Å². The van der Waals surface area contributed by atoms with Gasteiger partial charge in [-0.25, -0.2) is 8.42 Å². The summed E-state index contributed by atoms with van der Waals surface area (Å²) < 4.78 is 30.0. The van der Waals surface area contributed by atoms with Crippen LogP contribution >= 0.6 is 11.6 Å². The van der Waals surface area contributed by atoms with Gasteiger partial charge in [-0.2, -0.15) is 0 Å². The lowest BCUT2D eigenvalue weighted by Gasteiger charge is -2.05. The third-order valence-electron chi connectivity index (χ3n) is 1.65. The van der Waals surface area contributed by atoms with Gasteiger partial charge in [-0.15, -0.1) is 10.2 Å². The SMILES string of the molecule is COCCCS(=O)(=O)Nc1ccc(Cl)nn1. The molecule has 0 saturated heterocycles. The van der Waals surface area contributed by atoms with Crippen LogP contribution < -0.4 is 4.72 Å². The van der Waals surface area contributed by atoms with E-state index in [1.54, 1.807) is 0 Å². The number of methoxy groups -OCH3 is 1. The zero-order valence-corrected chi connectivity index (χ0v) is 10.3. The number of sulfonamides is 1. The zero-order valence-electron chi connectivity index (χ0n) is 8.68. The summed E-state index contributed by atoms with van der Waals surface area (Å²) in [5.41, 5.74) is 0. The Labute approximate surface area is 99.0 Å². The second kappa shape index (κ2) is 5.97. The lowest BCUT2D eigenvalue weighted by atomic mass is 10.5. The van der Waals surface area contributed by atoms with Crippen molar-refractivity contribution in [2.24, 2.45) is 0 Å². The molecule has 0 radical (unpaired) electrons. The number of hydrogen-bond donors (Lipinski definition) is 1. The third kappa shape index (κ3) is 4.73. The maximum Gasteiger partial charge on any atom is 0.234 e. The van der Waals surface area contributed by atoms with Crippen LogP contribution in [-0.2, 0) is 14.8 Å². The Morgan fingerprint density at radius 2 is 2.19 bits per heavy atom. The van der Waals surface area contributed by atoms with E-state index in [1.807, 2.05) is 0 Å². The molecule has 0 fully saturated rings. The van der Waals surface area contributed by atoms with Gasteiger partial charge in [0, 0.05) is 13.7 Å². The molecule has 0 bridgehead atoms. The number of aromatic nitrogens is 2. The van der Waals surface area contributed by atoms with Crippen LogP contribution in [0.2, 0.25) is 5.15 Å². The van der Waals surface area contributed by atoms with E-state index in [0.29, 0.717) is 13.0 Å². The Morgan fingerprint density at radius 1 is 1.44 bits per heavy atom. The minimum absolute atomic E-state index is 0.0227. The lowest BCUT2D eigenvalue weighted by molar-refractivity contribution is 0.199. The highest BCUT2D eigenvalue weighted by Gasteiger charge is 2.10. The van der Waals surface area contributed by atoms with Crippen molar-refractivity contribution in [3.63, 3.8) is 0 Å². The van der Waals surface area contributed by atoms with Gasteiger partial charge in [0.15, 0.2) is 11.0 Å². The van der Waals surface area contributed by atoms with Gasteiger partial charge in [-0.1, -0.05) is 11.6 Å². The molecule has 0 atom stereocenters. The Kier molecular flexibility index (Phi) is 4.91. The van der Waals surface area contributed by atoms with Crippen molar-refractivity contribution in [2.75, 3.05) is 24.2 Å². The van der Waals surface area contributed by atoms with Crippen LogP contribution in [0.3, 0.4) is 0 Å². The number of nitrogens with one attached hydrogen (secondary N) is 1. The second-order valence-electron chi connectivity index (χ2n) is 3.01. The first kappa shape index (κ1) is 13.1. The Balaban J connectivity index is 2.55. The van der Waals surface area contributed by atoms with Crippen molar-refractivity contribution in [3.8, 4) is 0 Å². The highest BCUT2D eigenvalue weighted by Crippen LogP contribution is 2.08. The van der Waals surface area contributed by atoms with Crippen molar-refractivity contribution in [2.45, 2.75) is 6.42 Å². The number of nitrogens with zero attached hydrogens (tertiary/aromatic N) is 2. The summed E-state index contributed by atoms with van der Waals surface area (Å²) in [5, 5.41) is 7.32. The molecule has 0 aromatic carbocycles. The van der Waals surface area contributed by atoms with Crippen molar-refractivity contribution >= 4 is 27.4 Å². The van der Waals surface area contributed by atoms with Gasteiger partial charge in [0.1, 0.15) is 0 Å². The minimum atomic E-state index is -3.40. The molecule has 16 heavy (non-hydrogen) atoms. The number of ether oxygens (including phenoxy) is 1. The zero-order chi connectivity index (χ0) is 12.0. The molecule has 0 amide bonds. The lowest BCUT2D eigenvalue weighted by Crippen LogP contribution is -2.18. The van der Waals surface area contributed by atoms with Gasteiger partial charge in [0.25, 0.3) is 0 Å². The number of anilines is 1. The quantitative estimate of drug-likeness (QED) is 0.773. The van der Waals surface area contributed by atoms with Gasteiger partial charge >= 0.3 is 0 Å². The highest BCUT2D eigenvalue weighted by atomic mass is 35.5. The van der Waals surface area contributed by atoms with E-state index < -0.39 is 10.0 Å². The fourth-order valence-electron chi connectivity index (χ4n) is 0.974. The van der Waals surface area contributed by atoms with Crippen LogP contribution in [0, 0.1) is 0 Å². The van der Waals surface area contributed by atoms with E-state index in [9.17, 15) is 8.42 Å². The van der Waals surface area contributed by atoms with Crippen LogP contribution in [-0.4, -0.2) is 38.1 Å². The van der Waals surface area contributed by atoms with E-state index in [0.717, 1.165) is 0 Å². The normalized spacial score (nSPS) is 11.4. The van der Waals surface area contributed by atoms with Crippen LogP contribution in [0.4, 0.5) is 5.82 Å². The first-order valence-electron chi connectivity index (χ1n) is 4.52. The van der Waals surface area contributed by atoms with Gasteiger partial charge in [-0.05, 0) is 18.6 Å². The second-order valence-corrected chi connectivity index (χ2v) is 5.24. The summed E-state index contributed by atoms with van der Waals surface area (Å²) in [6.45, 7) is 0.396. The van der Waals surface area contributed by atoms with Gasteiger partial charge in [0.05, 0.1) is 5.75 Å². The van der Waals surface area contributed by atoms with Crippen LogP contribution in [0.15, 0.2) is 12.1 Å². The fraction of sp³-hybridized carbons (Fsp3) is 0.500. The molecule has 1 N–H and O–H groups in total. The van der Waals surface area contributed by atoms with Crippen LogP contribution in [0.5, 0.6) is 0 Å². The number of hydrogen-bond acceptors (Lipinski definition) is 5. The average Bonchev–Trinajstić information content (AvgIpc) is 2.21. The monoisotopic (exact) mass is 265 g/mol. The van der Waals surface area contributed by atoms with Crippen molar-refractivity contribution in [3.05, 3.63) is 17.3 Å². The largest absolute Gasteiger partial charge is 0.385 e. The molecular formula is C8H12ClN3O3S. The van der Waals surface area contributed by atoms with Crippen molar-refractivity contribution in [1.82, 2.24) is 10.2 Å². The standard InChI is InChI=1S/C8H12ClN3O3S/c1-15-5-2-6-16(13,14)12-8-4-3-7(9)10-11-8/h3-4H,2,5-6H2,1H3,(H,11,12). The fourth-order valence-corrected chi connectivity index (χ4v) is 2.10. The molecule has 1 aromatic heterocycles. The third-order valence-corrected chi connectivity index (χ3v) is 3.20. The summed E-state index contributed by atoms with van der Waals surface area (Å²) in [4.78, 5) is 0. The molecule has 1 rings (SSSR count). The molecule has 0 spiro atoms. The predicted octanol–water partition coefficient (Wildman–Crippen LogP) is 0.908. The molecule has 0 aliphatic carbocycles. The molecule has 0 aliphatic rings. The van der Waals surface area contributed by atoms with E-state index in [2.05, 4.69) is 14.9 Å². The van der Waals surface area contributed by atoms with Crippen molar-refractivity contribution < 1.29 is 13.2 Å². The van der Waals surface area contributed by atoms with E-state index in [-0.39, 0.29) is 16.7 Å². The molecular weight excluding hydrogens is 254 g/mol.